The normalized spacial score (nSPS) is 18.6. The van der Waals surface area contributed by atoms with Crippen molar-refractivity contribution in [2.75, 3.05) is 18.3 Å². The largest absolute Gasteiger partial charge is 0.339 e. The smallest absolute Gasteiger partial charge is 0.263 e. The van der Waals surface area contributed by atoms with Crippen LogP contribution in [-0.4, -0.2) is 49.8 Å². The number of rotatable bonds is 7. The quantitative estimate of drug-likeness (QED) is 0.339. The number of sulfonamides is 1. The van der Waals surface area contributed by atoms with E-state index < -0.39 is 10.0 Å². The molecule has 1 heterocycles. The number of anilines is 1. The Hall–Kier alpha value is -2.20. The molecule has 9 heteroatoms. The zero-order chi connectivity index (χ0) is 25.9. The van der Waals surface area contributed by atoms with E-state index in [2.05, 4.69) is 72.7 Å². The van der Waals surface area contributed by atoms with E-state index >= 15 is 0 Å². The van der Waals surface area contributed by atoms with Crippen molar-refractivity contribution in [2.45, 2.75) is 43.3 Å². The van der Waals surface area contributed by atoms with Crippen molar-refractivity contribution in [3.8, 4) is 0 Å². The Balaban J connectivity index is 1.38. The van der Waals surface area contributed by atoms with Crippen LogP contribution in [0.4, 0.5) is 5.69 Å². The van der Waals surface area contributed by atoms with Gasteiger partial charge in [0.1, 0.15) is 4.90 Å². The van der Waals surface area contributed by atoms with Crippen LogP contribution in [0.25, 0.3) is 0 Å². The fraction of sp³-hybridized carbons (Fsp3) is 0.296. The van der Waals surface area contributed by atoms with Gasteiger partial charge in [0.2, 0.25) is 0 Å². The maximum Gasteiger partial charge on any atom is 0.263 e. The lowest BCUT2D eigenvalue weighted by atomic mass is 9.96. The van der Waals surface area contributed by atoms with Gasteiger partial charge in [0.15, 0.2) is 0 Å². The van der Waals surface area contributed by atoms with Crippen molar-refractivity contribution >= 4 is 53.5 Å². The summed E-state index contributed by atoms with van der Waals surface area (Å²) in [5, 5.41) is 0. The Labute approximate surface area is 230 Å². The molecule has 0 saturated carbocycles. The molecule has 4 rings (SSSR count). The Morgan fingerprint density at radius 2 is 1.75 bits per heavy atom. The van der Waals surface area contributed by atoms with Crippen LogP contribution in [-0.2, 0) is 16.6 Å². The zero-order valence-electron chi connectivity index (χ0n) is 20.2. The molecule has 2 atom stereocenters. The maximum absolute atomic E-state index is 13.2. The molecule has 0 spiro atoms. The fourth-order valence-corrected chi connectivity index (χ4v) is 7.11. The van der Waals surface area contributed by atoms with E-state index in [0.717, 1.165) is 25.9 Å². The lowest BCUT2D eigenvalue weighted by Gasteiger charge is -2.41. The van der Waals surface area contributed by atoms with E-state index in [-0.39, 0.29) is 16.8 Å². The number of carbonyl (C=O) groups excluding carboxylic acids is 1. The molecule has 0 bridgehead atoms. The number of halogens is 2. The van der Waals surface area contributed by atoms with Gasteiger partial charge < -0.3 is 4.90 Å². The summed E-state index contributed by atoms with van der Waals surface area (Å²) in [7, 11) is -1.94. The number of hydrogen-bond acceptors (Lipinski definition) is 4. The molecule has 1 amide bonds. The number of piperidine rings is 1. The molecule has 36 heavy (non-hydrogen) atoms. The Morgan fingerprint density at radius 3 is 2.42 bits per heavy atom. The third-order valence-corrected chi connectivity index (χ3v) is 9.52. The molecule has 190 valence electrons. The van der Waals surface area contributed by atoms with Crippen LogP contribution in [0, 0.1) is 0 Å². The van der Waals surface area contributed by atoms with Gasteiger partial charge in [-0.25, -0.2) is 8.42 Å². The first-order valence-corrected chi connectivity index (χ1v) is 14.8. The molecule has 1 aliphatic heterocycles. The highest BCUT2D eigenvalue weighted by molar-refractivity contribution is 9.11. The number of likely N-dealkylation sites (tertiary alicyclic amines) is 1. The lowest BCUT2D eigenvalue weighted by molar-refractivity contribution is 0.0538. The van der Waals surface area contributed by atoms with Crippen LogP contribution < -0.4 is 4.72 Å². The van der Waals surface area contributed by atoms with Gasteiger partial charge in [0.05, 0.1) is 0 Å². The van der Waals surface area contributed by atoms with Gasteiger partial charge in [-0.05, 0) is 83.7 Å². The molecule has 3 aromatic carbocycles. The molecule has 1 fully saturated rings. The molecular weight excluding hydrogens is 606 g/mol. The third-order valence-electron chi connectivity index (χ3n) is 6.65. The van der Waals surface area contributed by atoms with E-state index in [1.54, 1.807) is 36.4 Å². The van der Waals surface area contributed by atoms with E-state index in [9.17, 15) is 13.2 Å². The van der Waals surface area contributed by atoms with Crippen LogP contribution in [0.15, 0.2) is 86.6 Å². The Morgan fingerprint density at radius 1 is 1.06 bits per heavy atom. The first-order chi connectivity index (χ1) is 17.1. The van der Waals surface area contributed by atoms with Crippen molar-refractivity contribution in [1.29, 1.82) is 0 Å². The van der Waals surface area contributed by atoms with E-state index in [1.807, 2.05) is 18.0 Å². The average Bonchev–Trinajstić information content (AvgIpc) is 2.86. The van der Waals surface area contributed by atoms with Gasteiger partial charge in [-0.2, -0.15) is 0 Å². The van der Waals surface area contributed by atoms with E-state index in [0.29, 0.717) is 26.2 Å². The Bertz CT molecular complexity index is 1320. The number of benzene rings is 3. The molecule has 0 aromatic heterocycles. The summed E-state index contributed by atoms with van der Waals surface area (Å²) in [5.41, 5.74) is 2.22. The molecule has 1 N–H and O–H groups in total. The topological polar surface area (TPSA) is 69.7 Å². The van der Waals surface area contributed by atoms with Gasteiger partial charge in [-0.3, -0.25) is 14.4 Å². The molecule has 1 aliphatic rings. The van der Waals surface area contributed by atoms with Crippen molar-refractivity contribution in [3.05, 3.63) is 92.9 Å². The van der Waals surface area contributed by atoms with Crippen LogP contribution in [0.3, 0.4) is 0 Å². The molecule has 6 nitrogen and oxygen atoms in total. The summed E-state index contributed by atoms with van der Waals surface area (Å²) in [6.45, 7) is 4.07. The molecule has 0 radical (unpaired) electrons. The van der Waals surface area contributed by atoms with Gasteiger partial charge >= 0.3 is 0 Å². The van der Waals surface area contributed by atoms with Crippen LogP contribution in [0.1, 0.15) is 35.7 Å². The number of carbonyl (C=O) groups is 1. The average molecular weight is 635 g/mol. The molecule has 0 aliphatic carbocycles. The van der Waals surface area contributed by atoms with Gasteiger partial charge in [0, 0.05) is 52.4 Å². The number of hydrogen-bond donors (Lipinski definition) is 1. The predicted octanol–water partition coefficient (Wildman–Crippen LogP) is 6.14. The minimum Gasteiger partial charge on any atom is -0.339 e. The fourth-order valence-electron chi connectivity index (χ4n) is 4.54. The minimum atomic E-state index is -3.79. The van der Waals surface area contributed by atoms with Crippen molar-refractivity contribution in [3.63, 3.8) is 0 Å². The van der Waals surface area contributed by atoms with Crippen LogP contribution >= 0.6 is 31.9 Å². The first-order valence-electron chi connectivity index (χ1n) is 11.8. The second-order valence-electron chi connectivity index (χ2n) is 9.16. The number of nitrogens with one attached hydrogen (secondary N) is 1. The summed E-state index contributed by atoms with van der Waals surface area (Å²) in [6.07, 6.45) is 1.83. The molecule has 3 aromatic rings. The highest BCUT2D eigenvalue weighted by atomic mass is 79.9. The molecular formula is C27H29Br2N3O3S. The van der Waals surface area contributed by atoms with Gasteiger partial charge in [-0.15, -0.1) is 0 Å². The molecule has 1 saturated heterocycles. The standard InChI is InChI=1S/C27H29Br2N3O3S/c1-19-16-24(14-15-32(19)18-20-6-4-3-5-7-20)31(2)27(33)21-8-11-23(12-9-21)30-36(34,35)26-17-22(28)10-13-25(26)29/h3-13,17,19,24,30H,14-16,18H2,1-2H3. The minimum absolute atomic E-state index is 0.0622. The summed E-state index contributed by atoms with van der Waals surface area (Å²) < 4.78 is 29.4. The van der Waals surface area contributed by atoms with Crippen molar-refractivity contribution in [2.24, 2.45) is 0 Å². The lowest BCUT2D eigenvalue weighted by Crippen LogP contribution is -2.49. The third kappa shape index (κ3) is 6.37. The second kappa shape index (κ2) is 11.5. The summed E-state index contributed by atoms with van der Waals surface area (Å²) in [5.74, 6) is -0.0622. The monoisotopic (exact) mass is 633 g/mol. The first kappa shape index (κ1) is 26.9. The summed E-state index contributed by atoms with van der Waals surface area (Å²) in [4.78, 5) is 17.6. The number of nitrogens with zero attached hydrogens (tertiary/aromatic N) is 2. The molecule has 2 unspecified atom stereocenters. The highest BCUT2D eigenvalue weighted by Crippen LogP contribution is 2.28. The van der Waals surface area contributed by atoms with Gasteiger partial charge in [-0.1, -0.05) is 46.3 Å². The van der Waals surface area contributed by atoms with Crippen LogP contribution in [0.2, 0.25) is 0 Å². The van der Waals surface area contributed by atoms with E-state index in [1.165, 1.54) is 11.6 Å². The summed E-state index contributed by atoms with van der Waals surface area (Å²) in [6, 6.07) is 22.5. The highest BCUT2D eigenvalue weighted by Gasteiger charge is 2.30. The SMILES string of the molecule is CC1CC(N(C)C(=O)c2ccc(NS(=O)(=O)c3cc(Br)ccc3Br)cc2)CCN1Cc1ccccc1. The second-order valence-corrected chi connectivity index (χ2v) is 12.6. The van der Waals surface area contributed by atoms with Crippen molar-refractivity contribution < 1.29 is 13.2 Å². The van der Waals surface area contributed by atoms with Gasteiger partial charge in [0.25, 0.3) is 15.9 Å². The van der Waals surface area contributed by atoms with Crippen molar-refractivity contribution in [1.82, 2.24) is 9.80 Å². The Kier molecular flexibility index (Phi) is 8.55. The predicted molar refractivity (Wildman–Crippen MR) is 151 cm³/mol. The zero-order valence-corrected chi connectivity index (χ0v) is 24.2. The number of amides is 1. The van der Waals surface area contributed by atoms with E-state index in [4.69, 9.17) is 0 Å². The maximum atomic E-state index is 13.2. The summed E-state index contributed by atoms with van der Waals surface area (Å²) >= 11 is 6.60. The van der Waals surface area contributed by atoms with Crippen LogP contribution in [0.5, 0.6) is 0 Å².